The lowest BCUT2D eigenvalue weighted by Gasteiger charge is -2.39. The van der Waals surface area contributed by atoms with Crippen molar-refractivity contribution in [2.75, 3.05) is 19.6 Å². The van der Waals surface area contributed by atoms with Crippen LogP contribution in [-0.2, 0) is 4.79 Å². The van der Waals surface area contributed by atoms with Crippen LogP contribution in [0.15, 0.2) is 0 Å². The second-order valence-electron chi connectivity index (χ2n) is 6.30. The van der Waals surface area contributed by atoms with Crippen molar-refractivity contribution < 1.29 is 4.79 Å². The SMILES string of the molecule is CCCC1(C(=O)NCC2(C)CCC2)CCNC1. The van der Waals surface area contributed by atoms with Gasteiger partial charge in [0.25, 0.3) is 0 Å². The summed E-state index contributed by atoms with van der Waals surface area (Å²) in [5.41, 5.74) is 0.268. The van der Waals surface area contributed by atoms with Gasteiger partial charge in [-0.05, 0) is 37.6 Å². The zero-order valence-corrected chi connectivity index (χ0v) is 11.3. The fourth-order valence-corrected chi connectivity index (χ4v) is 3.18. The van der Waals surface area contributed by atoms with E-state index in [1.807, 2.05) is 0 Å². The molecule has 0 radical (unpaired) electrons. The Labute approximate surface area is 105 Å². The molecule has 1 unspecified atom stereocenters. The molecular formula is C14H26N2O. The zero-order valence-electron chi connectivity index (χ0n) is 11.3. The Balaban J connectivity index is 1.88. The molecule has 1 atom stereocenters. The number of rotatable bonds is 5. The Hall–Kier alpha value is -0.570. The van der Waals surface area contributed by atoms with E-state index in [9.17, 15) is 4.79 Å². The topological polar surface area (TPSA) is 41.1 Å². The van der Waals surface area contributed by atoms with Gasteiger partial charge < -0.3 is 10.6 Å². The first kappa shape index (κ1) is 12.9. The van der Waals surface area contributed by atoms with Crippen LogP contribution in [0.2, 0.25) is 0 Å². The summed E-state index contributed by atoms with van der Waals surface area (Å²) in [6.07, 6.45) is 6.98. The van der Waals surface area contributed by atoms with Gasteiger partial charge >= 0.3 is 0 Å². The second kappa shape index (κ2) is 4.97. The van der Waals surface area contributed by atoms with Gasteiger partial charge in [0.15, 0.2) is 0 Å². The van der Waals surface area contributed by atoms with Gasteiger partial charge in [-0.15, -0.1) is 0 Å². The monoisotopic (exact) mass is 238 g/mol. The molecule has 0 aromatic heterocycles. The summed E-state index contributed by atoms with van der Waals surface area (Å²) in [6.45, 7) is 7.18. The Morgan fingerprint density at radius 1 is 1.35 bits per heavy atom. The van der Waals surface area contributed by atoms with Crippen molar-refractivity contribution in [2.24, 2.45) is 10.8 Å². The van der Waals surface area contributed by atoms with Crippen molar-refractivity contribution in [3.8, 4) is 0 Å². The van der Waals surface area contributed by atoms with E-state index in [2.05, 4.69) is 24.5 Å². The highest BCUT2D eigenvalue weighted by Crippen LogP contribution is 2.40. The van der Waals surface area contributed by atoms with Gasteiger partial charge in [0.1, 0.15) is 0 Å². The maximum absolute atomic E-state index is 12.4. The van der Waals surface area contributed by atoms with Crippen molar-refractivity contribution in [3.05, 3.63) is 0 Å². The number of carbonyl (C=O) groups is 1. The lowest BCUT2D eigenvalue weighted by Crippen LogP contribution is -2.47. The summed E-state index contributed by atoms with van der Waals surface area (Å²) in [5, 5.41) is 6.56. The van der Waals surface area contributed by atoms with Gasteiger partial charge in [-0.1, -0.05) is 26.7 Å². The summed E-state index contributed by atoms with van der Waals surface area (Å²) in [6, 6.07) is 0. The molecule has 2 N–H and O–H groups in total. The van der Waals surface area contributed by atoms with Crippen molar-refractivity contribution >= 4 is 5.91 Å². The molecule has 1 aliphatic carbocycles. The Bertz CT molecular complexity index is 278. The molecule has 0 aromatic rings. The highest BCUT2D eigenvalue weighted by atomic mass is 16.2. The van der Waals surface area contributed by atoms with Crippen LogP contribution in [0.25, 0.3) is 0 Å². The van der Waals surface area contributed by atoms with E-state index >= 15 is 0 Å². The van der Waals surface area contributed by atoms with Gasteiger partial charge in [0, 0.05) is 13.1 Å². The number of hydrogen-bond donors (Lipinski definition) is 2. The first-order valence-electron chi connectivity index (χ1n) is 7.09. The molecule has 1 heterocycles. The molecule has 0 aromatic carbocycles. The number of nitrogens with one attached hydrogen (secondary N) is 2. The van der Waals surface area contributed by atoms with Crippen LogP contribution in [0.5, 0.6) is 0 Å². The normalized spacial score (nSPS) is 30.9. The third kappa shape index (κ3) is 2.65. The molecule has 17 heavy (non-hydrogen) atoms. The summed E-state index contributed by atoms with van der Waals surface area (Å²) in [7, 11) is 0. The zero-order chi connectivity index (χ0) is 12.4. The molecule has 1 saturated carbocycles. The smallest absolute Gasteiger partial charge is 0.227 e. The van der Waals surface area contributed by atoms with E-state index in [1.54, 1.807) is 0 Å². The van der Waals surface area contributed by atoms with Crippen LogP contribution >= 0.6 is 0 Å². The van der Waals surface area contributed by atoms with Gasteiger partial charge in [0.05, 0.1) is 5.41 Å². The summed E-state index contributed by atoms with van der Waals surface area (Å²) < 4.78 is 0. The van der Waals surface area contributed by atoms with Crippen molar-refractivity contribution in [3.63, 3.8) is 0 Å². The minimum atomic E-state index is -0.116. The summed E-state index contributed by atoms with van der Waals surface area (Å²) in [4.78, 5) is 12.4. The van der Waals surface area contributed by atoms with Crippen LogP contribution in [0.4, 0.5) is 0 Å². The van der Waals surface area contributed by atoms with Crippen LogP contribution in [0.3, 0.4) is 0 Å². The van der Waals surface area contributed by atoms with E-state index in [4.69, 9.17) is 0 Å². The quantitative estimate of drug-likeness (QED) is 0.770. The lowest BCUT2D eigenvalue weighted by atomic mass is 9.70. The Morgan fingerprint density at radius 3 is 2.59 bits per heavy atom. The number of hydrogen-bond acceptors (Lipinski definition) is 2. The largest absolute Gasteiger partial charge is 0.355 e. The second-order valence-corrected chi connectivity index (χ2v) is 6.30. The van der Waals surface area contributed by atoms with Crippen LogP contribution in [0, 0.1) is 10.8 Å². The Kier molecular flexibility index (Phi) is 3.76. The maximum atomic E-state index is 12.4. The third-order valence-corrected chi connectivity index (χ3v) is 4.69. The van der Waals surface area contributed by atoms with Crippen molar-refractivity contribution in [1.29, 1.82) is 0 Å². The van der Waals surface area contributed by atoms with Crippen molar-refractivity contribution in [2.45, 2.75) is 52.4 Å². The summed E-state index contributed by atoms with van der Waals surface area (Å²) in [5.74, 6) is 0.289. The minimum Gasteiger partial charge on any atom is -0.355 e. The fourth-order valence-electron chi connectivity index (χ4n) is 3.18. The van der Waals surface area contributed by atoms with E-state index in [0.717, 1.165) is 38.9 Å². The molecule has 0 spiro atoms. The van der Waals surface area contributed by atoms with E-state index in [-0.39, 0.29) is 11.3 Å². The molecule has 1 saturated heterocycles. The predicted octanol–water partition coefficient (Wildman–Crippen LogP) is 2.07. The van der Waals surface area contributed by atoms with Crippen LogP contribution in [0.1, 0.15) is 52.4 Å². The molecule has 0 bridgehead atoms. The van der Waals surface area contributed by atoms with Crippen LogP contribution in [-0.4, -0.2) is 25.5 Å². The van der Waals surface area contributed by atoms with Gasteiger partial charge in [-0.25, -0.2) is 0 Å². The molecule has 98 valence electrons. The number of amides is 1. The molecule has 1 aliphatic heterocycles. The molecule has 2 aliphatic rings. The maximum Gasteiger partial charge on any atom is 0.227 e. The Morgan fingerprint density at radius 2 is 2.12 bits per heavy atom. The van der Waals surface area contributed by atoms with E-state index in [1.165, 1.54) is 19.3 Å². The lowest BCUT2D eigenvalue weighted by molar-refractivity contribution is -0.131. The molecule has 3 nitrogen and oxygen atoms in total. The van der Waals surface area contributed by atoms with Crippen molar-refractivity contribution in [1.82, 2.24) is 10.6 Å². The average molecular weight is 238 g/mol. The first-order chi connectivity index (χ1) is 8.10. The highest BCUT2D eigenvalue weighted by molar-refractivity contribution is 5.83. The van der Waals surface area contributed by atoms with Gasteiger partial charge in [-0.3, -0.25) is 4.79 Å². The third-order valence-electron chi connectivity index (χ3n) is 4.69. The molecular weight excluding hydrogens is 212 g/mol. The molecule has 2 fully saturated rings. The molecule has 1 amide bonds. The standard InChI is InChI=1S/C14H26N2O/c1-3-5-14(8-9-15-11-14)12(17)16-10-13(2)6-4-7-13/h15H,3-11H2,1-2H3,(H,16,17). The predicted molar refractivity (Wildman–Crippen MR) is 69.8 cm³/mol. The van der Waals surface area contributed by atoms with Crippen LogP contribution < -0.4 is 10.6 Å². The number of carbonyl (C=O) groups excluding carboxylic acids is 1. The molecule has 3 heteroatoms. The average Bonchev–Trinajstić information content (AvgIpc) is 2.73. The van der Waals surface area contributed by atoms with Gasteiger partial charge in [0.2, 0.25) is 5.91 Å². The molecule has 2 rings (SSSR count). The highest BCUT2D eigenvalue weighted by Gasteiger charge is 2.41. The van der Waals surface area contributed by atoms with E-state index in [0.29, 0.717) is 5.41 Å². The summed E-state index contributed by atoms with van der Waals surface area (Å²) >= 11 is 0. The first-order valence-corrected chi connectivity index (χ1v) is 7.09. The van der Waals surface area contributed by atoms with Gasteiger partial charge in [-0.2, -0.15) is 0 Å². The fraction of sp³-hybridized carbons (Fsp3) is 0.929. The van der Waals surface area contributed by atoms with E-state index < -0.39 is 0 Å². The minimum absolute atomic E-state index is 0.116.